The largest absolute Gasteiger partial charge is 0.353 e. The average molecular weight is 274 g/mol. The normalized spacial score (nSPS) is 19.3. The van der Waals surface area contributed by atoms with Crippen LogP contribution in [0.2, 0.25) is 0 Å². The van der Waals surface area contributed by atoms with Crippen LogP contribution in [0.1, 0.15) is 51.0 Å². The van der Waals surface area contributed by atoms with E-state index in [0.29, 0.717) is 6.42 Å². The Balaban J connectivity index is 1.79. The molecule has 2 rings (SSSR count). The van der Waals surface area contributed by atoms with Crippen LogP contribution in [0.25, 0.3) is 0 Å². The monoisotopic (exact) mass is 274 g/mol. The van der Waals surface area contributed by atoms with Crippen LogP contribution in [0, 0.1) is 0 Å². The number of hydrogen-bond donors (Lipinski definition) is 2. The molecule has 3 heteroatoms. The summed E-state index contributed by atoms with van der Waals surface area (Å²) in [5.74, 6) is 0.0952. The Morgan fingerprint density at radius 1 is 1.25 bits per heavy atom. The summed E-state index contributed by atoms with van der Waals surface area (Å²) in [6, 6.07) is 10.4. The van der Waals surface area contributed by atoms with Crippen LogP contribution < -0.4 is 11.1 Å². The summed E-state index contributed by atoms with van der Waals surface area (Å²) < 4.78 is 0. The number of amides is 1. The summed E-state index contributed by atoms with van der Waals surface area (Å²) >= 11 is 0. The van der Waals surface area contributed by atoms with Gasteiger partial charge in [-0.1, -0.05) is 49.6 Å². The van der Waals surface area contributed by atoms with Gasteiger partial charge in [-0.25, -0.2) is 0 Å². The molecule has 1 aliphatic carbocycles. The second kappa shape index (κ2) is 6.89. The molecule has 0 heterocycles. The van der Waals surface area contributed by atoms with Crippen molar-refractivity contribution in [3.05, 3.63) is 35.9 Å². The summed E-state index contributed by atoms with van der Waals surface area (Å²) in [4.78, 5) is 12.1. The molecule has 1 aromatic carbocycles. The van der Waals surface area contributed by atoms with Crippen molar-refractivity contribution in [2.45, 2.75) is 63.5 Å². The first-order valence-electron chi connectivity index (χ1n) is 7.70. The molecule has 1 fully saturated rings. The van der Waals surface area contributed by atoms with Gasteiger partial charge in [0.1, 0.15) is 0 Å². The minimum Gasteiger partial charge on any atom is -0.353 e. The Morgan fingerprint density at radius 3 is 2.55 bits per heavy atom. The topological polar surface area (TPSA) is 55.1 Å². The van der Waals surface area contributed by atoms with Crippen molar-refractivity contribution in [1.29, 1.82) is 0 Å². The quantitative estimate of drug-likeness (QED) is 0.867. The zero-order valence-electron chi connectivity index (χ0n) is 12.4. The van der Waals surface area contributed by atoms with E-state index in [1.807, 2.05) is 18.2 Å². The van der Waals surface area contributed by atoms with Crippen molar-refractivity contribution in [3.8, 4) is 0 Å². The standard InChI is InChI=1S/C17H26N2O/c1-14(12-15-8-4-2-5-9-15)19-16(20)13-17(18)10-6-3-7-11-17/h2,4-5,8-9,14H,3,6-7,10-13,18H2,1H3,(H,19,20). The van der Waals surface area contributed by atoms with Crippen LogP contribution in [0.3, 0.4) is 0 Å². The first kappa shape index (κ1) is 15.0. The zero-order valence-corrected chi connectivity index (χ0v) is 12.4. The molecule has 1 unspecified atom stereocenters. The zero-order chi connectivity index (χ0) is 14.4. The predicted octanol–water partition coefficient (Wildman–Crippen LogP) is 2.79. The number of benzene rings is 1. The van der Waals surface area contributed by atoms with E-state index in [1.54, 1.807) is 0 Å². The van der Waals surface area contributed by atoms with E-state index in [-0.39, 0.29) is 17.5 Å². The molecule has 1 aliphatic rings. The maximum Gasteiger partial charge on any atom is 0.222 e. The molecule has 0 saturated heterocycles. The van der Waals surface area contributed by atoms with Crippen LogP contribution >= 0.6 is 0 Å². The maximum atomic E-state index is 12.1. The smallest absolute Gasteiger partial charge is 0.222 e. The van der Waals surface area contributed by atoms with Crippen LogP contribution in [-0.2, 0) is 11.2 Å². The Kier molecular flexibility index (Phi) is 5.18. The van der Waals surface area contributed by atoms with Gasteiger partial charge in [0.25, 0.3) is 0 Å². The fourth-order valence-electron chi connectivity index (χ4n) is 3.10. The number of carbonyl (C=O) groups is 1. The summed E-state index contributed by atoms with van der Waals surface area (Å²) in [7, 11) is 0. The number of nitrogens with two attached hydrogens (primary N) is 1. The highest BCUT2D eigenvalue weighted by Crippen LogP contribution is 2.28. The van der Waals surface area contributed by atoms with Gasteiger partial charge in [0.2, 0.25) is 5.91 Å². The van der Waals surface area contributed by atoms with Crippen LogP contribution in [-0.4, -0.2) is 17.5 Å². The van der Waals surface area contributed by atoms with E-state index in [2.05, 4.69) is 24.4 Å². The second-order valence-corrected chi connectivity index (χ2v) is 6.26. The van der Waals surface area contributed by atoms with Crippen molar-refractivity contribution >= 4 is 5.91 Å². The number of nitrogens with one attached hydrogen (secondary N) is 1. The fraction of sp³-hybridized carbons (Fsp3) is 0.588. The van der Waals surface area contributed by atoms with E-state index >= 15 is 0 Å². The molecule has 1 amide bonds. The van der Waals surface area contributed by atoms with Gasteiger partial charge in [0.05, 0.1) is 0 Å². The van der Waals surface area contributed by atoms with Crippen molar-refractivity contribution in [1.82, 2.24) is 5.32 Å². The summed E-state index contributed by atoms with van der Waals surface area (Å²) in [5.41, 5.74) is 7.31. The molecule has 0 radical (unpaired) electrons. The highest BCUT2D eigenvalue weighted by atomic mass is 16.1. The highest BCUT2D eigenvalue weighted by Gasteiger charge is 2.30. The Bertz CT molecular complexity index is 424. The third-order valence-corrected chi connectivity index (χ3v) is 4.15. The molecule has 3 nitrogen and oxygen atoms in total. The van der Waals surface area contributed by atoms with Crippen LogP contribution in [0.15, 0.2) is 30.3 Å². The Labute approximate surface area is 121 Å². The molecule has 1 aromatic rings. The fourth-order valence-corrected chi connectivity index (χ4v) is 3.10. The van der Waals surface area contributed by atoms with Crippen molar-refractivity contribution in [2.75, 3.05) is 0 Å². The van der Waals surface area contributed by atoms with E-state index in [0.717, 1.165) is 32.1 Å². The number of hydrogen-bond acceptors (Lipinski definition) is 2. The van der Waals surface area contributed by atoms with Gasteiger partial charge in [-0.3, -0.25) is 4.79 Å². The maximum absolute atomic E-state index is 12.1. The lowest BCUT2D eigenvalue weighted by Crippen LogP contribution is -2.47. The molecule has 1 saturated carbocycles. The lowest BCUT2D eigenvalue weighted by molar-refractivity contribution is -0.123. The first-order chi connectivity index (χ1) is 9.57. The van der Waals surface area contributed by atoms with Gasteiger partial charge in [0.15, 0.2) is 0 Å². The third-order valence-electron chi connectivity index (χ3n) is 4.15. The minimum atomic E-state index is -0.269. The van der Waals surface area contributed by atoms with E-state index in [1.165, 1.54) is 12.0 Å². The molecule has 0 aromatic heterocycles. The summed E-state index contributed by atoms with van der Waals surface area (Å²) in [5, 5.41) is 3.08. The molecule has 20 heavy (non-hydrogen) atoms. The molecular formula is C17H26N2O. The van der Waals surface area contributed by atoms with Crippen LogP contribution in [0.5, 0.6) is 0 Å². The summed E-state index contributed by atoms with van der Waals surface area (Å²) in [6.07, 6.45) is 6.86. The second-order valence-electron chi connectivity index (χ2n) is 6.26. The van der Waals surface area contributed by atoms with Crippen molar-refractivity contribution in [3.63, 3.8) is 0 Å². The van der Waals surface area contributed by atoms with Gasteiger partial charge < -0.3 is 11.1 Å². The lowest BCUT2D eigenvalue weighted by atomic mass is 9.80. The summed E-state index contributed by atoms with van der Waals surface area (Å²) in [6.45, 7) is 2.05. The van der Waals surface area contributed by atoms with Crippen LogP contribution in [0.4, 0.5) is 0 Å². The van der Waals surface area contributed by atoms with Gasteiger partial charge in [-0.15, -0.1) is 0 Å². The Hall–Kier alpha value is -1.35. The molecule has 0 spiro atoms. The van der Waals surface area contributed by atoms with E-state index in [9.17, 15) is 4.79 Å². The molecule has 0 bridgehead atoms. The number of carbonyl (C=O) groups excluding carboxylic acids is 1. The van der Waals surface area contributed by atoms with Gasteiger partial charge in [0, 0.05) is 18.0 Å². The SMILES string of the molecule is CC(Cc1ccccc1)NC(=O)CC1(N)CCCCC1. The van der Waals surface area contributed by atoms with Crippen molar-refractivity contribution < 1.29 is 4.79 Å². The number of rotatable bonds is 5. The Morgan fingerprint density at radius 2 is 1.90 bits per heavy atom. The molecule has 1 atom stereocenters. The van der Waals surface area contributed by atoms with Gasteiger partial charge >= 0.3 is 0 Å². The lowest BCUT2D eigenvalue weighted by Gasteiger charge is -2.33. The van der Waals surface area contributed by atoms with Gasteiger partial charge in [-0.2, -0.15) is 0 Å². The van der Waals surface area contributed by atoms with E-state index in [4.69, 9.17) is 5.73 Å². The average Bonchev–Trinajstić information content (AvgIpc) is 2.39. The third kappa shape index (κ3) is 4.64. The molecule has 110 valence electrons. The van der Waals surface area contributed by atoms with Crippen molar-refractivity contribution in [2.24, 2.45) is 5.73 Å². The predicted molar refractivity (Wildman–Crippen MR) is 82.4 cm³/mol. The molecular weight excluding hydrogens is 248 g/mol. The highest BCUT2D eigenvalue weighted by molar-refractivity contribution is 5.77. The van der Waals surface area contributed by atoms with E-state index < -0.39 is 0 Å². The first-order valence-corrected chi connectivity index (χ1v) is 7.70. The minimum absolute atomic E-state index is 0.0952. The molecule has 0 aliphatic heterocycles. The van der Waals surface area contributed by atoms with Gasteiger partial charge in [-0.05, 0) is 31.7 Å². The molecule has 3 N–H and O–H groups in total.